The van der Waals surface area contributed by atoms with Gasteiger partial charge in [-0.05, 0) is 18.8 Å². The number of aliphatic hydroxyl groups excluding tert-OH is 1. The van der Waals surface area contributed by atoms with E-state index in [2.05, 4.69) is 12.2 Å². The van der Waals surface area contributed by atoms with Gasteiger partial charge in [0.15, 0.2) is 6.10 Å². The van der Waals surface area contributed by atoms with Gasteiger partial charge in [-0.15, -0.1) is 0 Å². The quantitative estimate of drug-likeness (QED) is 0.298. The fourth-order valence-electron chi connectivity index (χ4n) is 4.98. The monoisotopic (exact) mass is 439 g/mol. The first kappa shape index (κ1) is 26.1. The first-order valence-corrected chi connectivity index (χ1v) is 12.7. The van der Waals surface area contributed by atoms with Crippen molar-refractivity contribution in [2.75, 3.05) is 6.61 Å². The molecule has 1 saturated heterocycles. The molecule has 2 N–H and O–H groups in total. The van der Waals surface area contributed by atoms with Crippen LogP contribution >= 0.6 is 0 Å². The summed E-state index contributed by atoms with van der Waals surface area (Å²) in [4.78, 5) is 25.6. The molecular weight excluding hydrogens is 394 g/mol. The van der Waals surface area contributed by atoms with E-state index in [1.54, 1.807) is 13.8 Å². The molecule has 0 aromatic carbocycles. The van der Waals surface area contributed by atoms with Crippen LogP contribution in [-0.4, -0.2) is 41.5 Å². The summed E-state index contributed by atoms with van der Waals surface area (Å²) in [7, 11) is 0. The molecule has 2 rings (SSSR count). The number of ether oxygens (including phenoxy) is 2. The largest absolute Gasteiger partial charge is 0.432 e. The Labute approximate surface area is 188 Å². The van der Waals surface area contributed by atoms with E-state index in [0.29, 0.717) is 12.3 Å². The molecule has 31 heavy (non-hydrogen) atoms. The summed E-state index contributed by atoms with van der Waals surface area (Å²) in [6.45, 7) is 5.54. The number of unbranched alkanes of at least 4 members (excludes halogenated alkanes) is 6. The zero-order valence-corrected chi connectivity index (χ0v) is 20.0. The molecule has 3 atom stereocenters. The highest BCUT2D eigenvalue weighted by atomic mass is 16.8. The molecule has 0 aromatic heterocycles. The van der Waals surface area contributed by atoms with E-state index in [1.807, 2.05) is 0 Å². The van der Waals surface area contributed by atoms with Gasteiger partial charge in [-0.2, -0.15) is 0 Å². The Bertz CT molecular complexity index is 544. The highest BCUT2D eigenvalue weighted by Crippen LogP contribution is 2.32. The minimum atomic E-state index is -1.00. The Morgan fingerprint density at radius 2 is 1.74 bits per heavy atom. The number of amides is 1. The maximum atomic E-state index is 13.2. The second-order valence-corrected chi connectivity index (χ2v) is 10.0. The zero-order chi connectivity index (χ0) is 22.7. The number of carbonyl (C=O) groups excluding carboxylic acids is 2. The van der Waals surface area contributed by atoms with E-state index in [0.717, 1.165) is 25.7 Å². The van der Waals surface area contributed by atoms with Gasteiger partial charge in [-0.1, -0.05) is 84.0 Å². The topological polar surface area (TPSA) is 84.9 Å². The van der Waals surface area contributed by atoms with E-state index in [4.69, 9.17) is 9.47 Å². The fraction of sp³-hybridized carbons (Fsp3) is 0.920. The van der Waals surface area contributed by atoms with Crippen LogP contribution in [0.2, 0.25) is 0 Å². The molecule has 2 fully saturated rings. The van der Waals surface area contributed by atoms with Gasteiger partial charge in [0.05, 0.1) is 18.6 Å². The molecule has 0 unspecified atom stereocenters. The van der Waals surface area contributed by atoms with E-state index in [-0.39, 0.29) is 18.6 Å². The van der Waals surface area contributed by atoms with Crippen LogP contribution in [0.5, 0.6) is 0 Å². The predicted molar refractivity (Wildman–Crippen MR) is 121 cm³/mol. The first-order valence-electron chi connectivity index (χ1n) is 12.7. The third-order valence-electron chi connectivity index (χ3n) is 6.72. The Morgan fingerprint density at radius 3 is 2.32 bits per heavy atom. The molecule has 0 spiro atoms. The Morgan fingerprint density at radius 1 is 1.10 bits per heavy atom. The van der Waals surface area contributed by atoms with Crippen molar-refractivity contribution < 1.29 is 24.2 Å². The molecule has 1 heterocycles. The highest BCUT2D eigenvalue weighted by Gasteiger charge is 2.47. The summed E-state index contributed by atoms with van der Waals surface area (Å²) in [6, 6.07) is -0.266. The average molecular weight is 440 g/mol. The van der Waals surface area contributed by atoms with Gasteiger partial charge < -0.3 is 19.9 Å². The van der Waals surface area contributed by atoms with Crippen molar-refractivity contribution in [2.24, 2.45) is 11.8 Å². The number of esters is 1. The molecule has 2 aliphatic rings. The molecule has 0 radical (unpaired) electrons. The molecular formula is C25H45NO5. The van der Waals surface area contributed by atoms with Crippen LogP contribution in [0.1, 0.15) is 111 Å². The predicted octanol–water partition coefficient (Wildman–Crippen LogP) is 4.87. The van der Waals surface area contributed by atoms with Gasteiger partial charge >= 0.3 is 5.97 Å². The molecule has 0 aromatic rings. The lowest BCUT2D eigenvalue weighted by molar-refractivity contribution is -0.162. The molecule has 1 saturated carbocycles. The first-order chi connectivity index (χ1) is 14.9. The molecule has 1 aliphatic heterocycles. The molecule has 1 aliphatic carbocycles. The maximum Gasteiger partial charge on any atom is 0.338 e. The number of nitrogens with one attached hydrogen (secondary N) is 1. The fourth-order valence-corrected chi connectivity index (χ4v) is 4.98. The summed E-state index contributed by atoms with van der Waals surface area (Å²) in [5.41, 5.74) is 0. The Hall–Kier alpha value is -1.14. The van der Waals surface area contributed by atoms with Crippen LogP contribution in [-0.2, 0) is 19.1 Å². The van der Waals surface area contributed by atoms with E-state index in [1.165, 1.54) is 57.8 Å². The van der Waals surface area contributed by atoms with Crippen molar-refractivity contribution in [2.45, 2.75) is 129 Å². The number of aliphatic hydroxyl groups is 1. The summed E-state index contributed by atoms with van der Waals surface area (Å²) in [5, 5.41) is 12.9. The number of hydrogen-bond acceptors (Lipinski definition) is 5. The van der Waals surface area contributed by atoms with E-state index >= 15 is 0 Å². The lowest BCUT2D eigenvalue weighted by Crippen LogP contribution is -2.46. The lowest BCUT2D eigenvalue weighted by Gasteiger charge is -2.28. The highest BCUT2D eigenvalue weighted by molar-refractivity contribution is 5.87. The van der Waals surface area contributed by atoms with E-state index in [9.17, 15) is 14.7 Å². The van der Waals surface area contributed by atoms with Gasteiger partial charge in [0.2, 0.25) is 11.7 Å². The molecule has 1 amide bonds. The maximum absolute atomic E-state index is 13.2. The molecule has 180 valence electrons. The van der Waals surface area contributed by atoms with E-state index < -0.39 is 23.8 Å². The number of hydrogen-bond donors (Lipinski definition) is 2. The Balaban J connectivity index is 1.92. The summed E-state index contributed by atoms with van der Waals surface area (Å²) >= 11 is 0. The van der Waals surface area contributed by atoms with Crippen LogP contribution < -0.4 is 5.32 Å². The van der Waals surface area contributed by atoms with Crippen molar-refractivity contribution >= 4 is 11.9 Å². The number of carbonyl (C=O) groups is 2. The van der Waals surface area contributed by atoms with Gasteiger partial charge in [0.1, 0.15) is 0 Å². The van der Waals surface area contributed by atoms with Crippen LogP contribution in [0.15, 0.2) is 0 Å². The second kappa shape index (κ2) is 13.4. The van der Waals surface area contributed by atoms with Gasteiger partial charge in [0.25, 0.3) is 0 Å². The molecule has 0 bridgehead atoms. The van der Waals surface area contributed by atoms with Crippen molar-refractivity contribution in [3.05, 3.63) is 0 Å². The SMILES string of the molecule is CCCCCCCCC[C@@H](C(=O)N[C@H](CO)CC1CCCCC1)[C@@H]1OC(C)(C)OC1=O. The van der Waals surface area contributed by atoms with Crippen molar-refractivity contribution in [3.8, 4) is 0 Å². The third kappa shape index (κ3) is 9.09. The van der Waals surface area contributed by atoms with Gasteiger partial charge in [-0.3, -0.25) is 4.79 Å². The second-order valence-electron chi connectivity index (χ2n) is 10.0. The standard InChI is InChI=1S/C25H45NO5/c1-4-5-6-7-8-9-13-16-21(22-24(29)31-25(2,3)30-22)23(28)26-20(18-27)17-19-14-11-10-12-15-19/h19-22,27H,4-18H2,1-3H3,(H,26,28)/t20-,21+,22-/m0/s1. The van der Waals surface area contributed by atoms with Gasteiger partial charge in [-0.25, -0.2) is 4.79 Å². The van der Waals surface area contributed by atoms with Crippen LogP contribution in [0, 0.1) is 11.8 Å². The van der Waals surface area contributed by atoms with Crippen molar-refractivity contribution in [1.82, 2.24) is 5.32 Å². The summed E-state index contributed by atoms with van der Waals surface area (Å²) < 4.78 is 11.2. The lowest BCUT2D eigenvalue weighted by atomic mass is 9.84. The van der Waals surface area contributed by atoms with Crippen LogP contribution in [0.4, 0.5) is 0 Å². The minimum Gasteiger partial charge on any atom is -0.432 e. The van der Waals surface area contributed by atoms with Crippen molar-refractivity contribution in [1.29, 1.82) is 0 Å². The molecule has 6 heteroatoms. The minimum absolute atomic E-state index is 0.0755. The van der Waals surface area contributed by atoms with Crippen molar-refractivity contribution in [3.63, 3.8) is 0 Å². The zero-order valence-electron chi connectivity index (χ0n) is 20.0. The van der Waals surface area contributed by atoms with Gasteiger partial charge in [0, 0.05) is 13.8 Å². The average Bonchev–Trinajstić information content (AvgIpc) is 3.02. The third-order valence-corrected chi connectivity index (χ3v) is 6.72. The van der Waals surface area contributed by atoms with Crippen LogP contribution in [0.25, 0.3) is 0 Å². The smallest absolute Gasteiger partial charge is 0.338 e. The molecule has 6 nitrogen and oxygen atoms in total. The Kier molecular flexibility index (Phi) is 11.3. The number of cyclic esters (lactones) is 1. The van der Waals surface area contributed by atoms with Crippen LogP contribution in [0.3, 0.4) is 0 Å². The summed E-state index contributed by atoms with van der Waals surface area (Å²) in [6.07, 6.45) is 14.6. The summed E-state index contributed by atoms with van der Waals surface area (Å²) in [5.74, 6) is -1.68. The normalized spacial score (nSPS) is 23.4. The number of rotatable bonds is 14.